The first-order chi connectivity index (χ1) is 8.06. The Morgan fingerprint density at radius 2 is 1.41 bits per heavy atom. The Labute approximate surface area is 100 Å². The first-order valence-electron chi connectivity index (χ1n) is 6.56. The molecule has 0 aromatic carbocycles. The second kappa shape index (κ2) is 5.42. The number of rotatable bonds is 2. The van der Waals surface area contributed by atoms with Gasteiger partial charge in [0.25, 0.3) is 0 Å². The van der Waals surface area contributed by atoms with Gasteiger partial charge in [0, 0.05) is 18.3 Å². The molecule has 2 fully saturated rings. The van der Waals surface area contributed by atoms with Gasteiger partial charge in [-0.3, -0.25) is 4.79 Å². The molecule has 2 atom stereocenters. The van der Waals surface area contributed by atoms with E-state index in [0.29, 0.717) is 25.7 Å². The highest BCUT2D eigenvalue weighted by Crippen LogP contribution is 2.34. The van der Waals surface area contributed by atoms with Gasteiger partial charge >= 0.3 is 0 Å². The van der Waals surface area contributed by atoms with E-state index in [4.69, 9.17) is 0 Å². The maximum absolute atomic E-state index is 13.2. The quantitative estimate of drug-likeness (QED) is 0.813. The van der Waals surface area contributed by atoms with E-state index >= 15 is 0 Å². The van der Waals surface area contributed by atoms with Crippen molar-refractivity contribution in [2.75, 3.05) is 0 Å². The number of aliphatic hydroxyl groups is 1. The zero-order chi connectivity index (χ0) is 12.4. The smallest absolute Gasteiger partial charge is 0.139 e. The van der Waals surface area contributed by atoms with Gasteiger partial charge in [-0.25, -0.2) is 8.78 Å². The van der Waals surface area contributed by atoms with E-state index in [9.17, 15) is 18.7 Å². The van der Waals surface area contributed by atoms with E-state index < -0.39 is 18.3 Å². The van der Waals surface area contributed by atoms with Crippen LogP contribution in [-0.2, 0) is 4.79 Å². The number of alkyl halides is 2. The van der Waals surface area contributed by atoms with Crippen molar-refractivity contribution in [3.05, 3.63) is 0 Å². The normalized spacial score (nSPS) is 43.4. The predicted molar refractivity (Wildman–Crippen MR) is 60.1 cm³/mol. The van der Waals surface area contributed by atoms with Crippen LogP contribution in [-0.4, -0.2) is 29.3 Å². The number of carbonyl (C=O) groups is 1. The zero-order valence-corrected chi connectivity index (χ0v) is 9.95. The number of carbonyl (C=O) groups excluding carboxylic acids is 1. The van der Waals surface area contributed by atoms with Gasteiger partial charge in [0.2, 0.25) is 0 Å². The SMILES string of the molecule is O=C(C1CCC(O)CC1)C1CC(F)CC(F)C1. The zero-order valence-electron chi connectivity index (χ0n) is 9.95. The van der Waals surface area contributed by atoms with E-state index in [1.807, 2.05) is 0 Å². The molecule has 98 valence electrons. The summed E-state index contributed by atoms with van der Waals surface area (Å²) in [5.74, 6) is -0.489. The van der Waals surface area contributed by atoms with Crippen molar-refractivity contribution in [1.29, 1.82) is 0 Å². The monoisotopic (exact) mass is 246 g/mol. The fraction of sp³-hybridized carbons (Fsp3) is 0.923. The molecule has 0 radical (unpaired) electrons. The molecule has 2 nitrogen and oxygen atoms in total. The molecule has 4 heteroatoms. The molecule has 2 aliphatic rings. The second-order valence-electron chi connectivity index (χ2n) is 5.51. The van der Waals surface area contributed by atoms with Gasteiger partial charge in [-0.05, 0) is 38.5 Å². The number of hydrogen-bond acceptors (Lipinski definition) is 2. The molecular formula is C13H20F2O2. The van der Waals surface area contributed by atoms with Crippen molar-refractivity contribution < 1.29 is 18.7 Å². The third kappa shape index (κ3) is 3.24. The number of Topliss-reactive ketones (excluding diaryl/α,β-unsaturated/α-hetero) is 1. The summed E-state index contributed by atoms with van der Waals surface area (Å²) in [6.07, 6.45) is 0.332. The lowest BCUT2D eigenvalue weighted by molar-refractivity contribution is -0.131. The molecule has 0 amide bonds. The minimum atomic E-state index is -1.16. The minimum absolute atomic E-state index is 0.0295. The Morgan fingerprint density at radius 1 is 0.882 bits per heavy atom. The van der Waals surface area contributed by atoms with E-state index in [0.717, 1.165) is 0 Å². The van der Waals surface area contributed by atoms with E-state index in [-0.39, 0.29) is 37.1 Å². The van der Waals surface area contributed by atoms with Crippen molar-refractivity contribution in [2.45, 2.75) is 63.4 Å². The van der Waals surface area contributed by atoms with Crippen LogP contribution in [0.15, 0.2) is 0 Å². The van der Waals surface area contributed by atoms with Gasteiger partial charge < -0.3 is 5.11 Å². The van der Waals surface area contributed by atoms with Gasteiger partial charge in [0.15, 0.2) is 0 Å². The topological polar surface area (TPSA) is 37.3 Å². The van der Waals surface area contributed by atoms with E-state index in [1.54, 1.807) is 0 Å². The largest absolute Gasteiger partial charge is 0.393 e. The molecule has 0 saturated heterocycles. The Balaban J connectivity index is 1.90. The summed E-state index contributed by atoms with van der Waals surface area (Å²) in [7, 11) is 0. The lowest BCUT2D eigenvalue weighted by atomic mass is 9.75. The molecule has 17 heavy (non-hydrogen) atoms. The van der Waals surface area contributed by atoms with Gasteiger partial charge in [-0.15, -0.1) is 0 Å². The van der Waals surface area contributed by atoms with Crippen LogP contribution in [0.4, 0.5) is 8.78 Å². The molecular weight excluding hydrogens is 226 g/mol. The van der Waals surface area contributed by atoms with Gasteiger partial charge in [-0.1, -0.05) is 0 Å². The third-order valence-corrected chi connectivity index (χ3v) is 4.09. The average Bonchev–Trinajstić information content (AvgIpc) is 2.28. The number of hydrogen-bond donors (Lipinski definition) is 1. The van der Waals surface area contributed by atoms with Crippen molar-refractivity contribution >= 4 is 5.78 Å². The van der Waals surface area contributed by atoms with Gasteiger partial charge in [0.1, 0.15) is 18.1 Å². The molecule has 0 aromatic heterocycles. The Bertz CT molecular complexity index is 265. The maximum Gasteiger partial charge on any atom is 0.139 e. The maximum atomic E-state index is 13.2. The molecule has 0 aromatic rings. The van der Waals surface area contributed by atoms with Crippen LogP contribution in [0.5, 0.6) is 0 Å². The van der Waals surface area contributed by atoms with Crippen molar-refractivity contribution in [3.8, 4) is 0 Å². The number of halogens is 2. The van der Waals surface area contributed by atoms with Crippen molar-refractivity contribution in [1.82, 2.24) is 0 Å². The highest BCUT2D eigenvalue weighted by atomic mass is 19.1. The Hall–Kier alpha value is -0.510. The van der Waals surface area contributed by atoms with Gasteiger partial charge in [-0.2, -0.15) is 0 Å². The molecule has 2 rings (SSSR count). The summed E-state index contributed by atoms with van der Waals surface area (Å²) in [6.45, 7) is 0. The third-order valence-electron chi connectivity index (χ3n) is 4.09. The summed E-state index contributed by atoms with van der Waals surface area (Å²) in [5, 5.41) is 9.37. The number of aliphatic hydroxyl groups excluding tert-OH is 1. The summed E-state index contributed by atoms with van der Waals surface area (Å²) in [4.78, 5) is 12.1. The molecule has 0 bridgehead atoms. The van der Waals surface area contributed by atoms with Crippen LogP contribution in [0.2, 0.25) is 0 Å². The second-order valence-corrected chi connectivity index (χ2v) is 5.51. The van der Waals surface area contributed by atoms with Gasteiger partial charge in [0.05, 0.1) is 6.10 Å². The van der Waals surface area contributed by atoms with Crippen LogP contribution < -0.4 is 0 Å². The summed E-state index contributed by atoms with van der Waals surface area (Å²) < 4.78 is 26.5. The molecule has 0 aliphatic heterocycles. The lowest BCUT2D eigenvalue weighted by Gasteiger charge is -2.31. The molecule has 0 spiro atoms. The molecule has 0 heterocycles. The summed E-state index contributed by atoms with van der Waals surface area (Å²) >= 11 is 0. The predicted octanol–water partition coefficient (Wildman–Crippen LogP) is 2.58. The van der Waals surface area contributed by atoms with Crippen LogP contribution in [0.25, 0.3) is 0 Å². The van der Waals surface area contributed by atoms with Crippen LogP contribution in [0.3, 0.4) is 0 Å². The van der Waals surface area contributed by atoms with Crippen molar-refractivity contribution in [3.63, 3.8) is 0 Å². The Kier molecular flexibility index (Phi) is 4.13. The van der Waals surface area contributed by atoms with Crippen molar-refractivity contribution in [2.24, 2.45) is 11.8 Å². The molecule has 2 unspecified atom stereocenters. The van der Waals surface area contributed by atoms with E-state index in [1.165, 1.54) is 0 Å². The fourth-order valence-corrected chi connectivity index (χ4v) is 3.11. The highest BCUT2D eigenvalue weighted by molar-refractivity contribution is 5.83. The fourth-order valence-electron chi connectivity index (χ4n) is 3.11. The van der Waals surface area contributed by atoms with E-state index in [2.05, 4.69) is 0 Å². The highest BCUT2D eigenvalue weighted by Gasteiger charge is 2.36. The minimum Gasteiger partial charge on any atom is -0.393 e. The van der Waals surface area contributed by atoms with Crippen LogP contribution in [0, 0.1) is 11.8 Å². The summed E-state index contributed by atoms with van der Waals surface area (Å²) in [6, 6.07) is 0. The Morgan fingerprint density at radius 3 is 1.94 bits per heavy atom. The average molecular weight is 246 g/mol. The molecule has 2 saturated carbocycles. The number of ketones is 1. The first-order valence-corrected chi connectivity index (χ1v) is 6.56. The molecule has 2 aliphatic carbocycles. The standard InChI is InChI=1S/C13H20F2O2/c14-10-5-9(6-11(15)7-10)13(17)8-1-3-12(16)4-2-8/h8-12,16H,1-7H2. The van der Waals surface area contributed by atoms with Crippen LogP contribution >= 0.6 is 0 Å². The summed E-state index contributed by atoms with van der Waals surface area (Å²) in [5.41, 5.74) is 0. The first kappa shape index (κ1) is 12.9. The lowest BCUT2D eigenvalue weighted by Crippen LogP contribution is -2.35. The van der Waals surface area contributed by atoms with Crippen LogP contribution in [0.1, 0.15) is 44.9 Å². The molecule has 1 N–H and O–H groups in total.